The molecule has 0 radical (unpaired) electrons. The van der Waals surface area contributed by atoms with Gasteiger partial charge in [-0.3, -0.25) is 14.3 Å². The fraction of sp³-hybridized carbons (Fsp3) is 0.300. The lowest BCUT2D eigenvalue weighted by molar-refractivity contribution is -0.143. The van der Waals surface area contributed by atoms with Gasteiger partial charge in [-0.05, 0) is 72.1 Å². The molecule has 2 aliphatic heterocycles. The van der Waals surface area contributed by atoms with Crippen LogP contribution in [0.4, 0.5) is 17.1 Å². The molecule has 1 fully saturated rings. The van der Waals surface area contributed by atoms with E-state index in [1.54, 1.807) is 42.1 Å². The Morgan fingerprint density at radius 2 is 1.81 bits per heavy atom. The zero-order chi connectivity index (χ0) is 36.6. The summed E-state index contributed by atoms with van der Waals surface area (Å²) in [5, 5.41) is 26.4. The van der Waals surface area contributed by atoms with Crippen molar-refractivity contribution in [3.8, 4) is 5.75 Å². The molecule has 1 saturated heterocycles. The predicted molar refractivity (Wildman–Crippen MR) is 203 cm³/mol. The topological polar surface area (TPSA) is 154 Å². The number of methoxy groups -OCH3 is 1. The average Bonchev–Trinajstić information content (AvgIpc) is 3.82. The number of aliphatic hydroxyl groups excluding tert-OH is 1. The van der Waals surface area contributed by atoms with Crippen molar-refractivity contribution < 1.29 is 24.2 Å². The monoisotopic (exact) mass is 716 g/mol. The van der Waals surface area contributed by atoms with E-state index in [0.717, 1.165) is 11.3 Å². The van der Waals surface area contributed by atoms with Crippen molar-refractivity contribution in [1.29, 1.82) is 0 Å². The van der Waals surface area contributed by atoms with Gasteiger partial charge in [0.2, 0.25) is 0 Å². The number of nitrogens with one attached hydrogen (secondary N) is 2. The Bertz CT molecular complexity index is 2070. The number of aliphatic hydroxyl groups is 1. The number of benzene rings is 4. The number of nitrogen functional groups attached to an aromatic ring is 1. The van der Waals surface area contributed by atoms with E-state index >= 15 is 0 Å². The molecule has 268 valence electrons. The Kier molecular flexibility index (Phi) is 9.47. The van der Waals surface area contributed by atoms with Gasteiger partial charge >= 0.3 is 0 Å². The number of aryl methyl sites for hydroxylation is 1. The highest BCUT2D eigenvalue weighted by molar-refractivity contribution is 6.91. The molecule has 12 heteroatoms. The number of aromatic nitrogens is 3. The van der Waals surface area contributed by atoms with E-state index in [0.29, 0.717) is 46.8 Å². The molecule has 3 heterocycles. The minimum atomic E-state index is -2.36. The van der Waals surface area contributed by atoms with Crippen LogP contribution in [0.2, 0.25) is 18.6 Å². The van der Waals surface area contributed by atoms with E-state index in [2.05, 4.69) is 53.1 Å². The molecule has 1 aromatic heterocycles. The number of nitrogens with zero attached hydrogens (tertiary/aromatic N) is 3. The van der Waals surface area contributed by atoms with Gasteiger partial charge in [0.15, 0.2) is 5.60 Å². The fourth-order valence-corrected chi connectivity index (χ4v) is 12.3. The molecule has 0 bridgehead atoms. The highest BCUT2D eigenvalue weighted by atomic mass is 28.3. The molecule has 1 unspecified atom stereocenters. The maximum Gasteiger partial charge on any atom is 0.261 e. The Hall–Kier alpha value is -5.30. The first-order valence-electron chi connectivity index (χ1n) is 17.6. The minimum Gasteiger partial charge on any atom is -0.497 e. The van der Waals surface area contributed by atoms with E-state index in [1.165, 1.54) is 5.19 Å². The number of hydrogen-bond donors (Lipinski definition) is 4. The summed E-state index contributed by atoms with van der Waals surface area (Å²) in [6.45, 7) is 7.21. The van der Waals surface area contributed by atoms with Crippen LogP contribution >= 0.6 is 0 Å². The quantitative estimate of drug-likeness (QED) is 0.103. The molecule has 5 N–H and O–H groups in total. The molecule has 5 aromatic rings. The van der Waals surface area contributed by atoms with Crippen LogP contribution < -0.4 is 26.3 Å². The summed E-state index contributed by atoms with van der Waals surface area (Å²) < 4.78 is 14.4. The summed E-state index contributed by atoms with van der Waals surface area (Å²) in [6, 6.07) is 30.2. The number of anilines is 3. The summed E-state index contributed by atoms with van der Waals surface area (Å²) in [6.07, 6.45) is 2.16. The standard InChI is InChI=1S/C40H44N6O5Si/c1-25-37(52(3,4)31-17-15-30(50-2)16-18-31)36(20-21-46-23-35(44-45-46)32(24-47)26-8-6-5-7-9-26)51-40(25)33-22-29(14-19-34(33)43-39(40)49)42-38(48)27-10-12-28(41)13-11-27/h5-19,22-23,25,32,36-37,47H,20-21,24,41H2,1-4H3,(H,42,48)(H,43,49)/t25-,32?,36+,37-,40+/m1/s1. The third-order valence-corrected chi connectivity index (χ3v) is 15.3. The van der Waals surface area contributed by atoms with Crippen LogP contribution in [0.5, 0.6) is 5.75 Å². The van der Waals surface area contributed by atoms with Crippen molar-refractivity contribution in [3.05, 3.63) is 126 Å². The fourth-order valence-electron chi connectivity index (χ4n) is 8.21. The molecule has 2 amide bonds. The highest BCUT2D eigenvalue weighted by Gasteiger charge is 2.64. The highest BCUT2D eigenvalue weighted by Crippen LogP contribution is 2.59. The predicted octanol–water partition coefficient (Wildman–Crippen LogP) is 5.50. The number of nitrogens with two attached hydrogens (primary N) is 1. The smallest absolute Gasteiger partial charge is 0.261 e. The number of carbonyl (C=O) groups excluding carboxylic acids is 2. The lowest BCUT2D eigenvalue weighted by Crippen LogP contribution is -2.51. The number of fused-ring (bicyclic) bond motifs is 2. The zero-order valence-corrected chi connectivity index (χ0v) is 30.7. The molecular weight excluding hydrogens is 673 g/mol. The average molecular weight is 717 g/mol. The van der Waals surface area contributed by atoms with E-state index in [1.807, 2.05) is 60.8 Å². The molecule has 1 spiro atoms. The van der Waals surface area contributed by atoms with Gasteiger partial charge in [-0.1, -0.05) is 72.9 Å². The van der Waals surface area contributed by atoms with E-state index in [4.69, 9.17) is 15.2 Å². The molecule has 11 nitrogen and oxygen atoms in total. The maximum absolute atomic E-state index is 14.2. The van der Waals surface area contributed by atoms with Crippen LogP contribution in [0.15, 0.2) is 103 Å². The summed E-state index contributed by atoms with van der Waals surface area (Å²) in [7, 11) is -0.703. The molecule has 2 aliphatic rings. The zero-order valence-electron chi connectivity index (χ0n) is 29.7. The Morgan fingerprint density at radius 3 is 2.50 bits per heavy atom. The third-order valence-electron chi connectivity index (χ3n) is 11.0. The Balaban J connectivity index is 1.21. The molecule has 52 heavy (non-hydrogen) atoms. The number of ether oxygens (including phenoxy) is 2. The Labute approximate surface area is 304 Å². The maximum atomic E-state index is 14.2. The SMILES string of the molecule is COc1ccc([Si](C)(C)[C@H]2[C@H](CCn3cc(C(CO)c4ccccc4)nn3)O[C@@]3(C(=O)Nc4ccc(NC(=O)c5ccc(N)cc5)cc43)[C@@H]2C)cc1. The molecule has 0 saturated carbocycles. The van der Waals surface area contributed by atoms with E-state index in [-0.39, 0.29) is 41.9 Å². The first-order valence-corrected chi connectivity index (χ1v) is 20.6. The van der Waals surface area contributed by atoms with Gasteiger partial charge in [0, 0.05) is 46.8 Å². The summed E-state index contributed by atoms with van der Waals surface area (Å²) in [5.41, 5.74) is 9.22. The third kappa shape index (κ3) is 6.27. The second-order valence-electron chi connectivity index (χ2n) is 14.3. The van der Waals surface area contributed by atoms with Crippen molar-refractivity contribution in [2.75, 3.05) is 30.1 Å². The second kappa shape index (κ2) is 14.0. The van der Waals surface area contributed by atoms with Gasteiger partial charge in [-0.15, -0.1) is 5.10 Å². The van der Waals surface area contributed by atoms with Gasteiger partial charge in [-0.2, -0.15) is 0 Å². The molecule has 4 aromatic carbocycles. The van der Waals surface area contributed by atoms with Gasteiger partial charge in [-0.25, -0.2) is 0 Å². The van der Waals surface area contributed by atoms with Crippen molar-refractivity contribution >= 4 is 42.1 Å². The number of carbonyl (C=O) groups is 2. The van der Waals surface area contributed by atoms with Crippen LogP contribution in [-0.2, 0) is 21.7 Å². The molecule has 7 rings (SSSR count). The van der Waals surface area contributed by atoms with Crippen LogP contribution in [0.3, 0.4) is 0 Å². The van der Waals surface area contributed by atoms with Crippen molar-refractivity contribution in [2.45, 2.75) is 56.1 Å². The van der Waals surface area contributed by atoms with Gasteiger partial charge in [0.05, 0.1) is 39.5 Å². The van der Waals surface area contributed by atoms with Crippen LogP contribution in [-0.4, -0.2) is 59.8 Å². The summed E-state index contributed by atoms with van der Waals surface area (Å²) in [4.78, 5) is 27.4. The van der Waals surface area contributed by atoms with Gasteiger partial charge in [0.25, 0.3) is 11.8 Å². The van der Waals surface area contributed by atoms with Crippen molar-refractivity contribution in [3.63, 3.8) is 0 Å². The largest absolute Gasteiger partial charge is 0.497 e. The van der Waals surface area contributed by atoms with Crippen LogP contribution in [0, 0.1) is 5.92 Å². The molecular formula is C40H44N6O5Si. The number of hydrogen-bond acceptors (Lipinski definition) is 8. The Morgan fingerprint density at radius 1 is 1.08 bits per heavy atom. The molecule has 5 atom stereocenters. The minimum absolute atomic E-state index is 0.0168. The van der Waals surface area contributed by atoms with Gasteiger partial charge in [0.1, 0.15) is 5.75 Å². The summed E-state index contributed by atoms with van der Waals surface area (Å²) in [5.74, 6) is -0.204. The lowest BCUT2D eigenvalue weighted by atomic mass is 9.82. The first kappa shape index (κ1) is 35.1. The first-order chi connectivity index (χ1) is 25.0. The van der Waals surface area contributed by atoms with E-state index < -0.39 is 13.7 Å². The van der Waals surface area contributed by atoms with Crippen molar-refractivity contribution in [2.24, 2.45) is 5.92 Å². The van der Waals surface area contributed by atoms with Crippen LogP contribution in [0.25, 0.3) is 0 Å². The second-order valence-corrected chi connectivity index (χ2v) is 19.0. The van der Waals surface area contributed by atoms with Crippen LogP contribution in [0.1, 0.15) is 46.4 Å². The number of amides is 2. The van der Waals surface area contributed by atoms with E-state index in [9.17, 15) is 14.7 Å². The number of rotatable bonds is 11. The lowest BCUT2D eigenvalue weighted by Gasteiger charge is -2.37. The van der Waals surface area contributed by atoms with Crippen molar-refractivity contribution in [1.82, 2.24) is 15.0 Å². The summed E-state index contributed by atoms with van der Waals surface area (Å²) >= 11 is 0. The van der Waals surface area contributed by atoms with Gasteiger partial charge < -0.3 is 30.9 Å². The molecule has 0 aliphatic carbocycles. The normalized spacial score (nSPS) is 21.5.